The van der Waals surface area contributed by atoms with Gasteiger partial charge in [-0.2, -0.15) is 0 Å². The Morgan fingerprint density at radius 2 is 1.63 bits per heavy atom. The quantitative estimate of drug-likeness (QED) is 0.848. The molecule has 0 bridgehead atoms. The van der Waals surface area contributed by atoms with E-state index in [9.17, 15) is 0 Å². The summed E-state index contributed by atoms with van der Waals surface area (Å²) in [5.74, 6) is 0.980. The van der Waals surface area contributed by atoms with Gasteiger partial charge >= 0.3 is 0 Å². The number of hydrogen-bond donors (Lipinski definition) is 1. The Bertz CT molecular complexity index is 280. The molecule has 2 N–H and O–H groups in total. The Morgan fingerprint density at radius 1 is 0.947 bits per heavy atom. The summed E-state index contributed by atoms with van der Waals surface area (Å²) in [5, 5.41) is 0. The minimum atomic E-state index is 0.464. The van der Waals surface area contributed by atoms with Crippen molar-refractivity contribution in [1.82, 2.24) is 9.80 Å². The lowest BCUT2D eigenvalue weighted by molar-refractivity contribution is 0.134. The third kappa shape index (κ3) is 3.14. The van der Waals surface area contributed by atoms with E-state index in [0.29, 0.717) is 6.04 Å². The first-order valence-electron chi connectivity index (χ1n) is 8.47. The standard InChI is InChI=1S/C16H31N3/c1-13(14-4-2-3-5-14)19-11-8-16(12-19)18-9-6-15(17)7-10-18/h13-16H,2-12,17H2,1H3. The van der Waals surface area contributed by atoms with Crippen LogP contribution in [0.1, 0.15) is 51.9 Å². The van der Waals surface area contributed by atoms with E-state index in [0.717, 1.165) is 18.0 Å². The Labute approximate surface area is 118 Å². The first-order chi connectivity index (χ1) is 9.24. The van der Waals surface area contributed by atoms with Crippen LogP contribution in [0.2, 0.25) is 0 Å². The third-order valence-corrected chi connectivity index (χ3v) is 5.94. The number of rotatable bonds is 3. The summed E-state index contributed by atoms with van der Waals surface area (Å²) in [5.41, 5.74) is 6.02. The van der Waals surface area contributed by atoms with Crippen molar-refractivity contribution in [3.05, 3.63) is 0 Å². The molecule has 2 heterocycles. The SMILES string of the molecule is CC(C1CCCC1)N1CCC(N2CCC(N)CC2)C1. The van der Waals surface area contributed by atoms with Crippen molar-refractivity contribution in [2.45, 2.75) is 70.0 Å². The molecule has 0 amide bonds. The van der Waals surface area contributed by atoms with E-state index in [-0.39, 0.29) is 0 Å². The molecule has 3 heteroatoms. The van der Waals surface area contributed by atoms with Crippen molar-refractivity contribution >= 4 is 0 Å². The highest BCUT2D eigenvalue weighted by molar-refractivity contribution is 4.90. The number of nitrogens with two attached hydrogens (primary N) is 1. The van der Waals surface area contributed by atoms with Crippen molar-refractivity contribution in [3.63, 3.8) is 0 Å². The Balaban J connectivity index is 1.49. The molecule has 2 atom stereocenters. The van der Waals surface area contributed by atoms with Crippen molar-refractivity contribution in [3.8, 4) is 0 Å². The minimum Gasteiger partial charge on any atom is -0.328 e. The molecule has 110 valence electrons. The van der Waals surface area contributed by atoms with E-state index < -0.39 is 0 Å². The van der Waals surface area contributed by atoms with Gasteiger partial charge in [-0.15, -0.1) is 0 Å². The van der Waals surface area contributed by atoms with Gasteiger partial charge in [0, 0.05) is 31.2 Å². The van der Waals surface area contributed by atoms with Gasteiger partial charge in [0.15, 0.2) is 0 Å². The maximum atomic E-state index is 6.02. The third-order valence-electron chi connectivity index (χ3n) is 5.94. The molecule has 0 aromatic carbocycles. The molecule has 0 aromatic heterocycles. The van der Waals surface area contributed by atoms with Crippen molar-refractivity contribution < 1.29 is 0 Å². The smallest absolute Gasteiger partial charge is 0.0235 e. The second-order valence-corrected chi connectivity index (χ2v) is 7.10. The molecule has 2 unspecified atom stereocenters. The molecule has 1 aliphatic carbocycles. The molecule has 3 aliphatic rings. The van der Waals surface area contributed by atoms with Crippen LogP contribution in [0.5, 0.6) is 0 Å². The lowest BCUT2D eigenvalue weighted by atomic mass is 9.98. The second-order valence-electron chi connectivity index (χ2n) is 7.10. The molecule has 0 spiro atoms. The van der Waals surface area contributed by atoms with Crippen molar-refractivity contribution in [2.75, 3.05) is 26.2 Å². The van der Waals surface area contributed by atoms with Crippen LogP contribution in [0.15, 0.2) is 0 Å². The Kier molecular flexibility index (Phi) is 4.45. The average Bonchev–Trinajstić information content (AvgIpc) is 3.10. The fraction of sp³-hybridized carbons (Fsp3) is 1.00. The molecule has 0 radical (unpaired) electrons. The molecule has 3 nitrogen and oxygen atoms in total. The first-order valence-corrected chi connectivity index (χ1v) is 8.47. The number of piperidine rings is 1. The van der Waals surface area contributed by atoms with E-state index in [1.807, 2.05) is 0 Å². The summed E-state index contributed by atoms with van der Waals surface area (Å²) in [7, 11) is 0. The summed E-state index contributed by atoms with van der Waals surface area (Å²) in [6.07, 6.45) is 9.67. The van der Waals surface area contributed by atoms with Gasteiger partial charge in [-0.05, 0) is 58.0 Å². The van der Waals surface area contributed by atoms with E-state index in [1.165, 1.54) is 71.1 Å². The fourth-order valence-corrected chi connectivity index (χ4v) is 4.46. The van der Waals surface area contributed by atoms with Crippen LogP contribution in [0.3, 0.4) is 0 Å². The molecule has 1 saturated carbocycles. The number of likely N-dealkylation sites (tertiary alicyclic amines) is 2. The number of nitrogens with zero attached hydrogens (tertiary/aromatic N) is 2. The molecule has 3 rings (SSSR count). The minimum absolute atomic E-state index is 0.464. The van der Waals surface area contributed by atoms with Gasteiger partial charge in [-0.25, -0.2) is 0 Å². The zero-order valence-electron chi connectivity index (χ0n) is 12.6. The molecule has 2 saturated heterocycles. The van der Waals surface area contributed by atoms with Gasteiger partial charge < -0.3 is 5.73 Å². The largest absolute Gasteiger partial charge is 0.328 e. The second kappa shape index (κ2) is 6.11. The summed E-state index contributed by atoms with van der Waals surface area (Å²) >= 11 is 0. The normalized spacial score (nSPS) is 34.1. The first kappa shape index (κ1) is 13.8. The van der Waals surface area contributed by atoms with Gasteiger partial charge in [-0.3, -0.25) is 9.80 Å². The highest BCUT2D eigenvalue weighted by Gasteiger charge is 2.34. The van der Waals surface area contributed by atoms with E-state index >= 15 is 0 Å². The van der Waals surface area contributed by atoms with Crippen molar-refractivity contribution in [2.24, 2.45) is 11.7 Å². The Morgan fingerprint density at radius 3 is 2.32 bits per heavy atom. The zero-order chi connectivity index (χ0) is 13.2. The predicted octanol–water partition coefficient (Wildman–Crippen LogP) is 2.06. The van der Waals surface area contributed by atoms with E-state index in [1.54, 1.807) is 0 Å². The highest BCUT2D eigenvalue weighted by atomic mass is 15.3. The highest BCUT2D eigenvalue weighted by Crippen LogP contribution is 2.32. The summed E-state index contributed by atoms with van der Waals surface area (Å²) in [6, 6.07) is 2.10. The van der Waals surface area contributed by atoms with Gasteiger partial charge in [0.05, 0.1) is 0 Å². The predicted molar refractivity (Wildman–Crippen MR) is 80.2 cm³/mol. The molecule has 0 aromatic rings. The van der Waals surface area contributed by atoms with Gasteiger partial charge in [0.1, 0.15) is 0 Å². The average molecular weight is 265 g/mol. The summed E-state index contributed by atoms with van der Waals surface area (Å²) in [6.45, 7) is 7.58. The lowest BCUT2D eigenvalue weighted by Gasteiger charge is -2.35. The Hall–Kier alpha value is -0.120. The summed E-state index contributed by atoms with van der Waals surface area (Å²) in [4.78, 5) is 5.49. The maximum absolute atomic E-state index is 6.02. The van der Waals surface area contributed by atoms with Crippen LogP contribution in [-0.2, 0) is 0 Å². The van der Waals surface area contributed by atoms with Crippen LogP contribution in [0.25, 0.3) is 0 Å². The molecular weight excluding hydrogens is 234 g/mol. The number of hydrogen-bond acceptors (Lipinski definition) is 3. The van der Waals surface area contributed by atoms with Crippen LogP contribution in [0, 0.1) is 5.92 Å². The topological polar surface area (TPSA) is 32.5 Å². The van der Waals surface area contributed by atoms with Crippen LogP contribution in [-0.4, -0.2) is 54.1 Å². The molecule has 2 aliphatic heterocycles. The van der Waals surface area contributed by atoms with E-state index in [2.05, 4.69) is 16.7 Å². The van der Waals surface area contributed by atoms with Crippen molar-refractivity contribution in [1.29, 1.82) is 0 Å². The molecular formula is C16H31N3. The van der Waals surface area contributed by atoms with Crippen LogP contribution < -0.4 is 5.73 Å². The molecule has 3 fully saturated rings. The lowest BCUT2D eigenvalue weighted by Crippen LogP contribution is -2.47. The molecule has 19 heavy (non-hydrogen) atoms. The zero-order valence-corrected chi connectivity index (χ0v) is 12.6. The monoisotopic (exact) mass is 265 g/mol. The van der Waals surface area contributed by atoms with Gasteiger partial charge in [0.25, 0.3) is 0 Å². The maximum Gasteiger partial charge on any atom is 0.0235 e. The van der Waals surface area contributed by atoms with Crippen LogP contribution >= 0.6 is 0 Å². The summed E-state index contributed by atoms with van der Waals surface area (Å²) < 4.78 is 0. The van der Waals surface area contributed by atoms with Crippen LogP contribution in [0.4, 0.5) is 0 Å². The van der Waals surface area contributed by atoms with Gasteiger partial charge in [-0.1, -0.05) is 12.8 Å². The van der Waals surface area contributed by atoms with Gasteiger partial charge in [0.2, 0.25) is 0 Å². The fourth-order valence-electron chi connectivity index (χ4n) is 4.46. The van der Waals surface area contributed by atoms with E-state index in [4.69, 9.17) is 5.73 Å².